The molecular formula is C20H17NO4. The Morgan fingerprint density at radius 1 is 1.12 bits per heavy atom. The van der Waals surface area contributed by atoms with Gasteiger partial charge in [-0.05, 0) is 37.1 Å². The first-order chi connectivity index (χ1) is 12.1. The third-order valence-corrected chi connectivity index (χ3v) is 4.41. The summed E-state index contributed by atoms with van der Waals surface area (Å²) in [6.45, 7) is 2.19. The van der Waals surface area contributed by atoms with Gasteiger partial charge in [-0.25, -0.2) is 4.79 Å². The normalized spacial score (nSPS) is 14.4. The fraction of sp³-hybridized carbons (Fsp3) is 0.200. The van der Waals surface area contributed by atoms with Crippen LogP contribution in [-0.4, -0.2) is 24.5 Å². The van der Waals surface area contributed by atoms with Crippen LogP contribution < -0.4 is 4.90 Å². The molecule has 1 atom stereocenters. The minimum Gasteiger partial charge on any atom is -0.449 e. The highest BCUT2D eigenvalue weighted by Crippen LogP contribution is 2.28. The first kappa shape index (κ1) is 15.4. The van der Waals surface area contributed by atoms with E-state index in [0.717, 1.165) is 23.1 Å². The molecule has 1 unspecified atom stereocenters. The Morgan fingerprint density at radius 3 is 2.72 bits per heavy atom. The van der Waals surface area contributed by atoms with Crippen molar-refractivity contribution in [2.75, 3.05) is 11.4 Å². The third-order valence-electron chi connectivity index (χ3n) is 4.41. The molecule has 4 rings (SSSR count). The highest BCUT2D eigenvalue weighted by Gasteiger charge is 2.30. The Morgan fingerprint density at radius 2 is 1.88 bits per heavy atom. The van der Waals surface area contributed by atoms with Crippen molar-refractivity contribution in [1.82, 2.24) is 0 Å². The maximum absolute atomic E-state index is 12.7. The van der Waals surface area contributed by atoms with Crippen molar-refractivity contribution < 1.29 is 18.7 Å². The highest BCUT2D eigenvalue weighted by atomic mass is 16.6. The average molecular weight is 335 g/mol. The van der Waals surface area contributed by atoms with Crippen molar-refractivity contribution in [3.8, 4) is 0 Å². The molecule has 5 heteroatoms. The van der Waals surface area contributed by atoms with Gasteiger partial charge in [-0.3, -0.25) is 4.79 Å². The van der Waals surface area contributed by atoms with Crippen LogP contribution in [0.4, 0.5) is 5.69 Å². The van der Waals surface area contributed by atoms with Crippen LogP contribution in [0.1, 0.15) is 23.0 Å². The smallest absolute Gasteiger partial charge is 0.375 e. The van der Waals surface area contributed by atoms with Gasteiger partial charge in [-0.2, -0.15) is 0 Å². The molecule has 1 aliphatic heterocycles. The van der Waals surface area contributed by atoms with Crippen LogP contribution in [0.25, 0.3) is 11.0 Å². The highest BCUT2D eigenvalue weighted by molar-refractivity contribution is 6.00. The standard InChI is InChI=1S/C20H17NO4/c1-13(19(22)21-11-10-14-6-2-4-8-16(14)21)24-20(23)18-12-15-7-3-5-9-17(15)25-18/h2-9,12-13H,10-11H2,1H3. The van der Waals surface area contributed by atoms with Crippen molar-refractivity contribution >= 4 is 28.5 Å². The summed E-state index contributed by atoms with van der Waals surface area (Å²) in [6.07, 6.45) is -0.0709. The topological polar surface area (TPSA) is 59.8 Å². The number of rotatable bonds is 3. The second kappa shape index (κ2) is 6.09. The monoisotopic (exact) mass is 335 g/mol. The zero-order chi connectivity index (χ0) is 17.4. The van der Waals surface area contributed by atoms with Gasteiger partial charge in [0.2, 0.25) is 5.76 Å². The first-order valence-corrected chi connectivity index (χ1v) is 8.22. The molecule has 2 aromatic carbocycles. The summed E-state index contributed by atoms with van der Waals surface area (Å²) in [5.74, 6) is -0.762. The van der Waals surface area contributed by atoms with Gasteiger partial charge in [0, 0.05) is 17.6 Å². The molecule has 0 bridgehead atoms. The zero-order valence-corrected chi connectivity index (χ0v) is 13.8. The second-order valence-electron chi connectivity index (χ2n) is 6.06. The van der Waals surface area contributed by atoms with Crippen LogP contribution in [-0.2, 0) is 16.0 Å². The van der Waals surface area contributed by atoms with Gasteiger partial charge < -0.3 is 14.1 Å². The molecule has 1 aliphatic rings. The van der Waals surface area contributed by atoms with Gasteiger partial charge in [0.15, 0.2) is 6.10 Å². The Kier molecular flexibility index (Phi) is 3.76. The fourth-order valence-corrected chi connectivity index (χ4v) is 3.14. The molecule has 0 fully saturated rings. The van der Waals surface area contributed by atoms with Crippen LogP contribution in [0.2, 0.25) is 0 Å². The number of carbonyl (C=O) groups excluding carboxylic acids is 2. The summed E-state index contributed by atoms with van der Waals surface area (Å²) in [5, 5.41) is 0.821. The summed E-state index contributed by atoms with van der Waals surface area (Å²) >= 11 is 0. The van der Waals surface area contributed by atoms with Gasteiger partial charge in [0.25, 0.3) is 5.91 Å². The van der Waals surface area contributed by atoms with Gasteiger partial charge in [-0.1, -0.05) is 36.4 Å². The van der Waals surface area contributed by atoms with Crippen molar-refractivity contribution in [2.24, 2.45) is 0 Å². The molecule has 0 saturated carbocycles. The predicted octanol–water partition coefficient (Wildman–Crippen LogP) is 3.57. The van der Waals surface area contributed by atoms with E-state index < -0.39 is 12.1 Å². The Bertz CT molecular complexity index is 926. The number of esters is 1. The lowest BCUT2D eigenvalue weighted by Crippen LogP contribution is -2.39. The van der Waals surface area contributed by atoms with Crippen molar-refractivity contribution in [1.29, 1.82) is 0 Å². The summed E-state index contributed by atoms with van der Waals surface area (Å²) in [4.78, 5) is 26.6. The minimum atomic E-state index is -0.883. The van der Waals surface area contributed by atoms with E-state index in [1.54, 1.807) is 24.0 Å². The van der Waals surface area contributed by atoms with Gasteiger partial charge in [0.1, 0.15) is 5.58 Å². The minimum absolute atomic E-state index is 0.0997. The van der Waals surface area contributed by atoms with Crippen LogP contribution in [0.3, 0.4) is 0 Å². The van der Waals surface area contributed by atoms with Gasteiger partial charge in [-0.15, -0.1) is 0 Å². The third kappa shape index (κ3) is 2.78. The van der Waals surface area contributed by atoms with Gasteiger partial charge >= 0.3 is 5.97 Å². The molecule has 0 aliphatic carbocycles. The Labute approximate surface area is 144 Å². The zero-order valence-electron chi connectivity index (χ0n) is 13.8. The largest absolute Gasteiger partial charge is 0.449 e. The summed E-state index contributed by atoms with van der Waals surface area (Å²) in [5.41, 5.74) is 2.63. The number of hydrogen-bond donors (Lipinski definition) is 0. The van der Waals surface area contributed by atoms with Crippen molar-refractivity contribution in [3.63, 3.8) is 0 Å². The average Bonchev–Trinajstić information content (AvgIpc) is 3.25. The van der Waals surface area contributed by atoms with E-state index >= 15 is 0 Å². The first-order valence-electron chi connectivity index (χ1n) is 8.22. The molecule has 1 amide bonds. The van der Waals surface area contributed by atoms with Crippen LogP contribution in [0.5, 0.6) is 0 Å². The number of anilines is 1. The number of amides is 1. The van der Waals surface area contributed by atoms with E-state index in [1.807, 2.05) is 42.5 Å². The molecule has 0 saturated heterocycles. The second-order valence-corrected chi connectivity index (χ2v) is 6.06. The quantitative estimate of drug-likeness (QED) is 0.687. The van der Waals surface area contributed by atoms with Gasteiger partial charge in [0.05, 0.1) is 0 Å². The van der Waals surface area contributed by atoms with E-state index in [-0.39, 0.29) is 11.7 Å². The number of nitrogens with zero attached hydrogens (tertiary/aromatic N) is 1. The molecule has 1 aromatic heterocycles. The maximum atomic E-state index is 12.7. The number of benzene rings is 2. The van der Waals surface area contributed by atoms with E-state index in [0.29, 0.717) is 12.1 Å². The summed E-state index contributed by atoms with van der Waals surface area (Å²) in [6, 6.07) is 16.7. The maximum Gasteiger partial charge on any atom is 0.375 e. The number of para-hydroxylation sites is 2. The molecule has 2 heterocycles. The lowest BCUT2D eigenvalue weighted by molar-refractivity contribution is -0.126. The fourth-order valence-electron chi connectivity index (χ4n) is 3.14. The number of carbonyl (C=O) groups is 2. The molecule has 126 valence electrons. The van der Waals surface area contributed by atoms with E-state index in [4.69, 9.17) is 9.15 Å². The van der Waals surface area contributed by atoms with Crippen LogP contribution in [0.15, 0.2) is 59.0 Å². The van der Waals surface area contributed by atoms with E-state index in [9.17, 15) is 9.59 Å². The molecule has 5 nitrogen and oxygen atoms in total. The molecule has 25 heavy (non-hydrogen) atoms. The number of fused-ring (bicyclic) bond motifs is 2. The number of hydrogen-bond acceptors (Lipinski definition) is 4. The van der Waals surface area contributed by atoms with Crippen molar-refractivity contribution in [3.05, 3.63) is 65.9 Å². The van der Waals surface area contributed by atoms with E-state index in [1.165, 1.54) is 0 Å². The SMILES string of the molecule is CC(OC(=O)c1cc2ccccc2o1)C(=O)N1CCc2ccccc21. The molecule has 0 spiro atoms. The van der Waals surface area contributed by atoms with Crippen molar-refractivity contribution in [2.45, 2.75) is 19.4 Å². The van der Waals surface area contributed by atoms with E-state index in [2.05, 4.69) is 0 Å². The lowest BCUT2D eigenvalue weighted by atomic mass is 10.2. The Hall–Kier alpha value is -3.08. The van der Waals surface area contributed by atoms with Crippen LogP contribution in [0, 0.1) is 0 Å². The molecular weight excluding hydrogens is 318 g/mol. The molecule has 3 aromatic rings. The number of ether oxygens (including phenoxy) is 1. The summed E-state index contributed by atoms with van der Waals surface area (Å²) < 4.78 is 10.8. The lowest BCUT2D eigenvalue weighted by Gasteiger charge is -2.21. The summed E-state index contributed by atoms with van der Waals surface area (Å²) in [7, 11) is 0. The molecule has 0 radical (unpaired) electrons. The number of furan rings is 1. The molecule has 0 N–H and O–H groups in total. The Balaban J connectivity index is 1.49. The predicted molar refractivity (Wildman–Crippen MR) is 93.6 cm³/mol. The van der Waals surface area contributed by atoms with Crippen LogP contribution >= 0.6 is 0 Å².